The number of hydrogen-bond donors (Lipinski definition) is 0. The fourth-order valence-electron chi connectivity index (χ4n) is 7.72. The van der Waals surface area contributed by atoms with Gasteiger partial charge in [-0.25, -0.2) is 0 Å². The molecule has 0 unspecified atom stereocenters. The Morgan fingerprint density at radius 2 is 0.764 bits per heavy atom. The molecule has 0 saturated carbocycles. The summed E-state index contributed by atoms with van der Waals surface area (Å²) in [5, 5.41) is 6.73. The maximum atomic E-state index is 9.51. The lowest BCUT2D eigenvalue weighted by Gasteiger charge is -2.26. The van der Waals surface area contributed by atoms with Crippen molar-refractivity contribution in [2.24, 2.45) is 0 Å². The fraction of sp³-hybridized carbons (Fsp3) is 0. The molecule has 0 radical (unpaired) electrons. The molecule has 10 rings (SSSR count). The molecule has 1 heteroatoms. The number of nitrogens with zero attached hydrogens (tertiary/aromatic N) is 1. The molecule has 0 bridgehead atoms. The maximum absolute atomic E-state index is 9.51. The Balaban J connectivity index is 1.08. The largest absolute Gasteiger partial charge is 0.311 e. The third-order valence-electron chi connectivity index (χ3n) is 10.5. The number of anilines is 3. The van der Waals surface area contributed by atoms with Crippen molar-refractivity contribution in [3.8, 4) is 44.5 Å². The molecule has 0 amide bonds. The van der Waals surface area contributed by atoms with E-state index in [1.54, 1.807) is 0 Å². The van der Waals surface area contributed by atoms with Crippen LogP contribution in [0.5, 0.6) is 0 Å². The van der Waals surface area contributed by atoms with Gasteiger partial charge in [-0.05, 0) is 125 Å². The summed E-state index contributed by atoms with van der Waals surface area (Å²) in [6.45, 7) is 0. The zero-order chi connectivity index (χ0) is 40.0. The monoisotopic (exact) mass is 703 g/mol. The minimum absolute atomic E-state index is 0.0890. The normalized spacial score (nSPS) is 12.3. The summed E-state index contributed by atoms with van der Waals surface area (Å²) in [7, 11) is 0. The Bertz CT molecular complexity index is 3160. The molecule has 10 aromatic carbocycles. The first-order valence-corrected chi connectivity index (χ1v) is 18.6. The van der Waals surface area contributed by atoms with Crippen LogP contribution in [0, 0.1) is 0 Å². The molecule has 0 aliphatic rings. The van der Waals surface area contributed by atoms with Crippen LogP contribution in [0.2, 0.25) is 0 Å². The molecule has 0 heterocycles. The van der Waals surface area contributed by atoms with Crippen molar-refractivity contribution >= 4 is 49.4 Å². The second-order valence-corrected chi connectivity index (χ2v) is 13.8. The van der Waals surface area contributed by atoms with Crippen LogP contribution in [0.3, 0.4) is 0 Å². The van der Waals surface area contributed by atoms with Gasteiger partial charge in [0.25, 0.3) is 0 Å². The molecule has 0 N–H and O–H groups in total. The fourth-order valence-corrected chi connectivity index (χ4v) is 7.72. The van der Waals surface area contributed by atoms with E-state index < -0.39 is 0 Å². The van der Waals surface area contributed by atoms with E-state index in [1.165, 1.54) is 16.3 Å². The number of benzene rings is 10. The van der Waals surface area contributed by atoms with Gasteiger partial charge >= 0.3 is 0 Å². The van der Waals surface area contributed by atoms with E-state index >= 15 is 0 Å². The van der Waals surface area contributed by atoms with Crippen molar-refractivity contribution in [2.45, 2.75) is 0 Å². The van der Waals surface area contributed by atoms with E-state index in [0.29, 0.717) is 5.56 Å². The predicted molar refractivity (Wildman–Crippen MR) is 235 cm³/mol. The number of fused-ring (bicyclic) bond motifs is 4. The third kappa shape index (κ3) is 6.22. The minimum atomic E-state index is -0.112. The summed E-state index contributed by atoms with van der Waals surface area (Å²) in [6.07, 6.45) is 0. The van der Waals surface area contributed by atoms with Gasteiger partial charge in [-0.1, -0.05) is 176 Å². The van der Waals surface area contributed by atoms with Crippen molar-refractivity contribution in [3.63, 3.8) is 0 Å². The summed E-state index contributed by atoms with van der Waals surface area (Å²) in [5.41, 5.74) is 9.07. The maximum Gasteiger partial charge on any atom is 0.0645 e. The summed E-state index contributed by atoms with van der Waals surface area (Å²) in [4.78, 5) is 1.85. The summed E-state index contributed by atoms with van der Waals surface area (Å²) in [5.74, 6) is 0. The Morgan fingerprint density at radius 1 is 0.273 bits per heavy atom. The van der Waals surface area contributed by atoms with Gasteiger partial charge in [0.2, 0.25) is 0 Å². The number of rotatable bonds is 7. The molecule has 1 nitrogen and oxygen atoms in total. The summed E-state index contributed by atoms with van der Waals surface area (Å²) >= 11 is 0. The molecule has 55 heavy (non-hydrogen) atoms. The molecule has 0 aliphatic carbocycles. The van der Waals surface area contributed by atoms with E-state index in [0.717, 1.165) is 60.7 Å². The summed E-state index contributed by atoms with van der Waals surface area (Å²) < 4.78 is 37.8. The Labute approximate surface area is 327 Å². The van der Waals surface area contributed by atoms with Crippen LogP contribution in [0.15, 0.2) is 224 Å². The van der Waals surface area contributed by atoms with Crippen LogP contribution < -0.4 is 4.90 Å². The Morgan fingerprint density at radius 3 is 1.51 bits per heavy atom. The molecular weight excluding hydrogens is 663 g/mol. The molecule has 0 atom stereocenters. The zero-order valence-electron chi connectivity index (χ0n) is 34.0. The van der Waals surface area contributed by atoms with Crippen LogP contribution >= 0.6 is 0 Å². The van der Waals surface area contributed by atoms with Gasteiger partial charge < -0.3 is 4.90 Å². The van der Waals surface area contributed by atoms with Crippen LogP contribution in [0.25, 0.3) is 76.8 Å². The minimum Gasteiger partial charge on any atom is -0.311 e. The first kappa shape index (κ1) is 28.3. The lowest BCUT2D eigenvalue weighted by molar-refractivity contribution is 1.28. The van der Waals surface area contributed by atoms with Crippen molar-refractivity contribution in [1.29, 1.82) is 0 Å². The average molecular weight is 704 g/mol. The van der Waals surface area contributed by atoms with Crippen LogP contribution in [0.4, 0.5) is 17.1 Å². The SMILES string of the molecule is [2H]c1c([2H])c(N(c2ccc(-c3ccccc3)cc2)c2ccc(-c3cccc(-c4cccc5ccccc45)c3)cc2)c([2H])c([2H])c1-c1ccc2c(ccc3ccccc32)c1. The lowest BCUT2D eigenvalue weighted by atomic mass is 9.95. The van der Waals surface area contributed by atoms with Gasteiger partial charge in [0.05, 0.1) is 5.48 Å². The molecular formula is C54H37N. The summed E-state index contributed by atoms with van der Waals surface area (Å²) in [6, 6.07) is 67.6. The first-order chi connectivity index (χ1) is 28.9. The van der Waals surface area contributed by atoms with E-state index in [-0.39, 0.29) is 35.4 Å². The molecule has 258 valence electrons. The molecule has 10 aromatic rings. The Kier molecular flexibility index (Phi) is 7.19. The van der Waals surface area contributed by atoms with E-state index in [2.05, 4.69) is 115 Å². The molecule has 0 aliphatic heterocycles. The molecule has 0 spiro atoms. The van der Waals surface area contributed by atoms with Crippen molar-refractivity contribution in [2.75, 3.05) is 4.90 Å². The van der Waals surface area contributed by atoms with Gasteiger partial charge in [0, 0.05) is 17.1 Å². The zero-order valence-corrected chi connectivity index (χ0v) is 30.0. The predicted octanol–water partition coefficient (Wildman–Crippen LogP) is 15.3. The molecule has 0 fully saturated rings. The van der Waals surface area contributed by atoms with E-state index in [4.69, 9.17) is 0 Å². The van der Waals surface area contributed by atoms with Gasteiger partial charge in [-0.2, -0.15) is 0 Å². The second-order valence-electron chi connectivity index (χ2n) is 13.8. The highest BCUT2D eigenvalue weighted by molar-refractivity contribution is 6.08. The lowest BCUT2D eigenvalue weighted by Crippen LogP contribution is -2.09. The van der Waals surface area contributed by atoms with Crippen molar-refractivity contribution < 1.29 is 5.48 Å². The van der Waals surface area contributed by atoms with E-state index in [1.807, 2.05) is 89.8 Å². The smallest absolute Gasteiger partial charge is 0.0645 e. The van der Waals surface area contributed by atoms with Crippen molar-refractivity contribution in [1.82, 2.24) is 0 Å². The van der Waals surface area contributed by atoms with E-state index in [9.17, 15) is 5.48 Å². The highest BCUT2D eigenvalue weighted by Gasteiger charge is 2.15. The highest BCUT2D eigenvalue weighted by atomic mass is 15.1. The quantitative estimate of drug-likeness (QED) is 0.149. The molecule has 0 saturated heterocycles. The average Bonchev–Trinajstić information content (AvgIpc) is 3.30. The van der Waals surface area contributed by atoms with Gasteiger partial charge in [0.1, 0.15) is 0 Å². The van der Waals surface area contributed by atoms with Crippen LogP contribution in [0.1, 0.15) is 5.48 Å². The van der Waals surface area contributed by atoms with Gasteiger partial charge in [-0.3, -0.25) is 0 Å². The third-order valence-corrected chi connectivity index (χ3v) is 10.5. The van der Waals surface area contributed by atoms with Crippen molar-refractivity contribution in [3.05, 3.63) is 224 Å². The topological polar surface area (TPSA) is 3.24 Å². The Hall–Kier alpha value is -7.22. The highest BCUT2D eigenvalue weighted by Crippen LogP contribution is 2.39. The number of hydrogen-bond acceptors (Lipinski definition) is 1. The molecule has 0 aromatic heterocycles. The second kappa shape index (κ2) is 14.0. The standard InChI is InChI=1S/C54H37N/c1-2-10-38(11-3-1)39-22-29-48(30-23-39)55(50-33-26-41(27-34-50)45-28-35-54-47(37-45)21-20-43-13-5-7-18-52(43)54)49-31-24-40(25-32-49)44-15-8-16-46(36-44)53-19-9-14-42-12-4-6-17-51(42)53/h1-37H/i26D,27D,33D,34D. The van der Waals surface area contributed by atoms with Gasteiger partial charge in [0.15, 0.2) is 0 Å². The van der Waals surface area contributed by atoms with Crippen LogP contribution in [-0.2, 0) is 0 Å². The first-order valence-electron chi connectivity index (χ1n) is 20.6. The van der Waals surface area contributed by atoms with Crippen LogP contribution in [-0.4, -0.2) is 0 Å². The van der Waals surface area contributed by atoms with Gasteiger partial charge in [-0.15, -0.1) is 0 Å².